The zero-order chi connectivity index (χ0) is 16.0. The number of carbonyl (C=O) groups excluding carboxylic acids is 1. The van der Waals surface area contributed by atoms with E-state index < -0.39 is 23.4 Å². The molecule has 0 aliphatic carbocycles. The molecule has 0 saturated heterocycles. The minimum atomic E-state index is -4.64. The summed E-state index contributed by atoms with van der Waals surface area (Å²) in [5, 5.41) is 7.50. The van der Waals surface area contributed by atoms with Gasteiger partial charge >= 0.3 is 6.18 Å². The van der Waals surface area contributed by atoms with Gasteiger partial charge in [-0.1, -0.05) is 24.3 Å². The topological polar surface area (TPSA) is 93.0 Å². The highest BCUT2D eigenvalue weighted by molar-refractivity contribution is 5.98. The van der Waals surface area contributed by atoms with Crippen LogP contribution in [0.25, 0.3) is 0 Å². The van der Waals surface area contributed by atoms with Gasteiger partial charge in [0.2, 0.25) is 5.91 Å². The van der Waals surface area contributed by atoms with Gasteiger partial charge in [-0.25, -0.2) is 0 Å². The molecule has 4 nitrogen and oxygen atoms in total. The maximum atomic E-state index is 12.6. The van der Waals surface area contributed by atoms with Gasteiger partial charge < -0.3 is 16.9 Å². The van der Waals surface area contributed by atoms with E-state index in [1.807, 2.05) is 0 Å². The number of aryl methyl sites for hydroxylation is 1. The van der Waals surface area contributed by atoms with Gasteiger partial charge in [0.25, 0.3) is 0 Å². The molecule has 1 amide bonds. The van der Waals surface area contributed by atoms with Crippen molar-refractivity contribution in [1.29, 1.82) is 5.41 Å². The van der Waals surface area contributed by atoms with E-state index in [9.17, 15) is 18.0 Å². The lowest BCUT2D eigenvalue weighted by atomic mass is 9.97. The van der Waals surface area contributed by atoms with E-state index >= 15 is 0 Å². The average molecular weight is 299 g/mol. The lowest BCUT2D eigenvalue weighted by Crippen LogP contribution is -2.21. The normalized spacial score (nSPS) is 12.2. The van der Waals surface area contributed by atoms with Crippen LogP contribution in [0.5, 0.6) is 0 Å². The van der Waals surface area contributed by atoms with Crippen molar-refractivity contribution in [2.75, 3.05) is 0 Å². The van der Waals surface area contributed by atoms with Gasteiger partial charge in [0.1, 0.15) is 0 Å². The summed E-state index contributed by atoms with van der Waals surface area (Å²) in [6, 6.07) is 6.82. The van der Waals surface area contributed by atoms with Crippen molar-refractivity contribution in [3.63, 3.8) is 0 Å². The van der Waals surface area contributed by atoms with E-state index in [1.54, 1.807) is 24.3 Å². The van der Waals surface area contributed by atoms with Crippen molar-refractivity contribution in [3.8, 4) is 0 Å². The molecule has 0 aromatic heterocycles. The molecule has 21 heavy (non-hydrogen) atoms. The van der Waals surface area contributed by atoms with Crippen LogP contribution in [0, 0.1) is 5.41 Å². The number of hydrogen-bond donors (Lipinski definition) is 3. The first-order chi connectivity index (χ1) is 9.75. The average Bonchev–Trinajstić information content (AvgIpc) is 2.36. The summed E-state index contributed by atoms with van der Waals surface area (Å²) in [4.78, 5) is 11.0. The number of amides is 1. The summed E-state index contributed by atoms with van der Waals surface area (Å²) in [5.41, 5.74) is 9.68. The molecule has 0 spiro atoms. The second-order valence-electron chi connectivity index (χ2n) is 4.47. The molecule has 7 heteroatoms. The molecule has 1 rings (SSSR count). The fourth-order valence-corrected chi connectivity index (χ4v) is 1.92. The Hall–Kier alpha value is -2.31. The van der Waals surface area contributed by atoms with Crippen molar-refractivity contribution >= 4 is 11.6 Å². The Kier molecular flexibility index (Phi) is 5.52. The molecule has 114 valence electrons. The first-order valence-corrected chi connectivity index (χ1v) is 6.17. The summed E-state index contributed by atoms with van der Waals surface area (Å²) in [6.07, 6.45) is -4.15. The molecule has 5 N–H and O–H groups in total. The van der Waals surface area contributed by atoms with Crippen molar-refractivity contribution in [2.24, 2.45) is 11.5 Å². The van der Waals surface area contributed by atoms with Gasteiger partial charge in [-0.3, -0.25) is 4.79 Å². The quantitative estimate of drug-likeness (QED) is 0.701. The molecule has 0 fully saturated rings. The predicted molar refractivity (Wildman–Crippen MR) is 73.7 cm³/mol. The van der Waals surface area contributed by atoms with Crippen LogP contribution in [0.1, 0.15) is 17.5 Å². The van der Waals surface area contributed by atoms with Crippen LogP contribution in [0.3, 0.4) is 0 Å². The zero-order valence-electron chi connectivity index (χ0n) is 11.2. The van der Waals surface area contributed by atoms with Gasteiger partial charge in [-0.2, -0.15) is 13.2 Å². The number of alkyl halides is 3. The third kappa shape index (κ3) is 4.94. The Morgan fingerprint density at radius 3 is 2.29 bits per heavy atom. The van der Waals surface area contributed by atoms with E-state index in [4.69, 9.17) is 16.9 Å². The highest BCUT2D eigenvalue weighted by Crippen LogP contribution is 2.27. The molecular formula is C14H16F3N3O. The minimum absolute atomic E-state index is 0.0162. The Morgan fingerprint density at radius 2 is 1.81 bits per heavy atom. The number of primary amides is 1. The van der Waals surface area contributed by atoms with E-state index in [-0.39, 0.29) is 19.3 Å². The van der Waals surface area contributed by atoms with E-state index in [0.29, 0.717) is 17.3 Å². The SMILES string of the molecule is N=C(CCc1ccccc1CC(N)=O)/C(=C\N)C(F)(F)F. The monoisotopic (exact) mass is 299 g/mol. The van der Waals surface area contributed by atoms with Crippen LogP contribution in [0.4, 0.5) is 13.2 Å². The largest absolute Gasteiger partial charge is 0.419 e. The fourth-order valence-electron chi connectivity index (χ4n) is 1.92. The molecule has 1 aromatic rings. The Labute approximate surface area is 120 Å². The molecular weight excluding hydrogens is 283 g/mol. The smallest absolute Gasteiger partial charge is 0.404 e. The second kappa shape index (κ2) is 6.92. The third-order valence-electron chi connectivity index (χ3n) is 2.92. The standard InChI is InChI=1S/C14H16F3N3O/c15-14(16,17)11(8-18)12(19)6-5-9-3-1-2-4-10(9)7-13(20)21/h1-4,8,19H,5-7,18H2,(H2,20,21)/b11-8+,19-12?. The molecule has 0 bridgehead atoms. The van der Waals surface area contributed by atoms with Crippen molar-refractivity contribution in [3.05, 3.63) is 47.2 Å². The first kappa shape index (κ1) is 16.7. The molecule has 1 aromatic carbocycles. The van der Waals surface area contributed by atoms with Gasteiger partial charge in [0.15, 0.2) is 0 Å². The lowest BCUT2D eigenvalue weighted by molar-refractivity contribution is -0.117. The molecule has 0 saturated carbocycles. The number of rotatable bonds is 6. The zero-order valence-corrected chi connectivity index (χ0v) is 11.2. The van der Waals surface area contributed by atoms with Crippen LogP contribution in [0.2, 0.25) is 0 Å². The van der Waals surface area contributed by atoms with Gasteiger partial charge in [0.05, 0.1) is 12.0 Å². The number of halogens is 3. The molecule has 0 unspecified atom stereocenters. The van der Waals surface area contributed by atoms with Gasteiger partial charge in [-0.15, -0.1) is 0 Å². The van der Waals surface area contributed by atoms with Crippen molar-refractivity contribution < 1.29 is 18.0 Å². The van der Waals surface area contributed by atoms with Crippen molar-refractivity contribution in [2.45, 2.75) is 25.4 Å². The third-order valence-corrected chi connectivity index (χ3v) is 2.92. The number of hydrogen-bond acceptors (Lipinski definition) is 3. The Balaban J connectivity index is 2.80. The van der Waals surface area contributed by atoms with Crippen LogP contribution in [-0.4, -0.2) is 17.8 Å². The number of carbonyl (C=O) groups is 1. The summed E-state index contributed by atoms with van der Waals surface area (Å²) >= 11 is 0. The predicted octanol–water partition coefficient (Wildman–Crippen LogP) is 2.07. The fraction of sp³-hybridized carbons (Fsp3) is 0.286. The molecule has 0 radical (unpaired) electrons. The maximum absolute atomic E-state index is 12.6. The molecule has 0 atom stereocenters. The summed E-state index contributed by atoms with van der Waals surface area (Å²) in [7, 11) is 0. The van der Waals surface area contributed by atoms with Crippen LogP contribution in [0.15, 0.2) is 36.0 Å². The van der Waals surface area contributed by atoms with Gasteiger partial charge in [0, 0.05) is 11.9 Å². The minimum Gasteiger partial charge on any atom is -0.404 e. The molecule has 0 aliphatic heterocycles. The summed E-state index contributed by atoms with van der Waals surface area (Å²) in [6.45, 7) is 0. The molecule has 0 heterocycles. The number of benzene rings is 1. The van der Waals surface area contributed by atoms with Gasteiger partial charge in [-0.05, 0) is 24.0 Å². The van der Waals surface area contributed by atoms with Crippen LogP contribution >= 0.6 is 0 Å². The Morgan fingerprint density at radius 1 is 1.24 bits per heavy atom. The summed E-state index contributed by atoms with van der Waals surface area (Å²) < 4.78 is 37.8. The van der Waals surface area contributed by atoms with E-state index in [0.717, 1.165) is 0 Å². The highest BCUT2D eigenvalue weighted by atomic mass is 19.4. The number of nitrogens with two attached hydrogens (primary N) is 2. The van der Waals surface area contributed by atoms with E-state index in [2.05, 4.69) is 0 Å². The molecule has 0 aliphatic rings. The lowest BCUT2D eigenvalue weighted by Gasteiger charge is -2.13. The highest BCUT2D eigenvalue weighted by Gasteiger charge is 2.35. The van der Waals surface area contributed by atoms with E-state index in [1.165, 1.54) is 0 Å². The summed E-state index contributed by atoms with van der Waals surface area (Å²) in [5.74, 6) is -0.518. The van der Waals surface area contributed by atoms with Crippen molar-refractivity contribution in [1.82, 2.24) is 0 Å². The number of nitrogens with one attached hydrogen (secondary N) is 1. The number of allylic oxidation sites excluding steroid dienone is 1. The van der Waals surface area contributed by atoms with Crippen LogP contribution < -0.4 is 11.5 Å². The second-order valence-corrected chi connectivity index (χ2v) is 4.47. The first-order valence-electron chi connectivity index (χ1n) is 6.17. The Bertz CT molecular complexity index is 565. The van der Waals surface area contributed by atoms with Crippen LogP contribution in [-0.2, 0) is 17.6 Å². The maximum Gasteiger partial charge on any atom is 0.419 e.